The van der Waals surface area contributed by atoms with E-state index in [1.807, 2.05) is 24.3 Å². The summed E-state index contributed by atoms with van der Waals surface area (Å²) in [7, 11) is 0. The highest BCUT2D eigenvalue weighted by atomic mass is 32.1. The van der Waals surface area contributed by atoms with Crippen molar-refractivity contribution in [2.45, 2.75) is 37.8 Å². The number of para-hydroxylation sites is 1. The van der Waals surface area contributed by atoms with Crippen molar-refractivity contribution in [1.82, 2.24) is 4.98 Å². The highest BCUT2D eigenvalue weighted by molar-refractivity contribution is 7.15. The van der Waals surface area contributed by atoms with Crippen LogP contribution in [0, 0.1) is 0 Å². The standard InChI is InChI=1S/C16H17N3O2S/c17-10-5-6-11-14(8-10)22-16(18-11)19-15(20)13-7-9-3-1-2-4-12(9)21-13/h1-4,10,13H,5-8,17H2,(H,18,19,20)/t10-,13?/m0/s1. The summed E-state index contributed by atoms with van der Waals surface area (Å²) in [4.78, 5) is 18.1. The summed E-state index contributed by atoms with van der Waals surface area (Å²) < 4.78 is 5.70. The zero-order valence-corrected chi connectivity index (χ0v) is 12.9. The molecular weight excluding hydrogens is 298 g/mol. The summed E-state index contributed by atoms with van der Waals surface area (Å²) in [6.45, 7) is 0. The Bertz CT molecular complexity index is 703. The van der Waals surface area contributed by atoms with Crippen molar-refractivity contribution in [2.24, 2.45) is 5.73 Å². The van der Waals surface area contributed by atoms with Crippen molar-refractivity contribution < 1.29 is 9.53 Å². The summed E-state index contributed by atoms with van der Waals surface area (Å²) in [6.07, 6.45) is 2.85. The zero-order valence-electron chi connectivity index (χ0n) is 12.0. The lowest BCUT2D eigenvalue weighted by molar-refractivity contribution is -0.122. The molecule has 2 aromatic rings. The third-order valence-corrected chi connectivity index (χ3v) is 5.18. The fourth-order valence-corrected chi connectivity index (χ4v) is 4.07. The predicted molar refractivity (Wildman–Crippen MR) is 85.3 cm³/mol. The number of rotatable bonds is 2. The Kier molecular flexibility index (Phi) is 3.35. The molecule has 0 bridgehead atoms. The molecule has 1 aromatic heterocycles. The number of nitrogens with one attached hydrogen (secondary N) is 1. The lowest BCUT2D eigenvalue weighted by Gasteiger charge is -2.15. The number of aryl methyl sites for hydroxylation is 1. The van der Waals surface area contributed by atoms with Gasteiger partial charge in [0.1, 0.15) is 5.75 Å². The summed E-state index contributed by atoms with van der Waals surface area (Å²) in [5.41, 5.74) is 8.14. The summed E-state index contributed by atoms with van der Waals surface area (Å²) in [6, 6.07) is 7.97. The summed E-state index contributed by atoms with van der Waals surface area (Å²) >= 11 is 1.53. The maximum absolute atomic E-state index is 12.4. The molecule has 1 aromatic carbocycles. The van der Waals surface area contributed by atoms with Crippen LogP contribution in [0.25, 0.3) is 0 Å². The average molecular weight is 315 g/mol. The topological polar surface area (TPSA) is 77.2 Å². The van der Waals surface area contributed by atoms with Crippen molar-refractivity contribution in [2.75, 3.05) is 5.32 Å². The van der Waals surface area contributed by atoms with Crippen LogP contribution in [0.4, 0.5) is 5.13 Å². The number of fused-ring (bicyclic) bond motifs is 2. The largest absolute Gasteiger partial charge is 0.480 e. The number of carbonyl (C=O) groups excluding carboxylic acids is 1. The van der Waals surface area contributed by atoms with Crippen molar-refractivity contribution in [3.8, 4) is 5.75 Å². The Morgan fingerprint density at radius 3 is 3.09 bits per heavy atom. The Balaban J connectivity index is 1.45. The lowest BCUT2D eigenvalue weighted by atomic mass is 9.99. The Hall–Kier alpha value is -1.92. The molecule has 3 N–H and O–H groups in total. The monoisotopic (exact) mass is 315 g/mol. The number of carbonyl (C=O) groups is 1. The Labute approximate surface area is 132 Å². The first-order valence-corrected chi connectivity index (χ1v) is 8.30. The Morgan fingerprint density at radius 1 is 1.36 bits per heavy atom. The van der Waals surface area contributed by atoms with Gasteiger partial charge in [-0.15, -0.1) is 11.3 Å². The van der Waals surface area contributed by atoms with Gasteiger partial charge in [0.25, 0.3) is 5.91 Å². The molecule has 2 aliphatic rings. The molecule has 2 atom stereocenters. The minimum atomic E-state index is -0.472. The molecule has 1 unspecified atom stereocenters. The molecule has 5 nitrogen and oxygen atoms in total. The number of amides is 1. The molecule has 1 aliphatic carbocycles. The highest BCUT2D eigenvalue weighted by Gasteiger charge is 2.30. The predicted octanol–water partition coefficient (Wildman–Crippen LogP) is 1.90. The molecular formula is C16H17N3O2S. The van der Waals surface area contributed by atoms with Gasteiger partial charge in [0.2, 0.25) is 0 Å². The number of hydrogen-bond donors (Lipinski definition) is 2. The molecule has 0 radical (unpaired) electrons. The minimum absolute atomic E-state index is 0.133. The van der Waals surface area contributed by atoms with E-state index in [2.05, 4.69) is 10.3 Å². The van der Waals surface area contributed by atoms with Gasteiger partial charge in [0.05, 0.1) is 5.69 Å². The molecule has 0 saturated heterocycles. The second-order valence-corrected chi connectivity index (χ2v) is 6.88. The van der Waals surface area contributed by atoms with Gasteiger partial charge in [-0.1, -0.05) is 18.2 Å². The van der Waals surface area contributed by atoms with E-state index in [0.717, 1.165) is 36.3 Å². The van der Waals surface area contributed by atoms with Gasteiger partial charge in [-0.2, -0.15) is 0 Å². The van der Waals surface area contributed by atoms with Crippen molar-refractivity contribution >= 4 is 22.4 Å². The fourth-order valence-electron chi connectivity index (χ4n) is 2.97. The van der Waals surface area contributed by atoms with Gasteiger partial charge in [0, 0.05) is 17.3 Å². The highest BCUT2D eigenvalue weighted by Crippen LogP contribution is 2.31. The van der Waals surface area contributed by atoms with E-state index in [1.165, 1.54) is 16.2 Å². The van der Waals surface area contributed by atoms with Crippen molar-refractivity contribution in [3.63, 3.8) is 0 Å². The number of benzene rings is 1. The average Bonchev–Trinajstić information content (AvgIpc) is 3.09. The van der Waals surface area contributed by atoms with E-state index >= 15 is 0 Å². The molecule has 2 heterocycles. The number of ether oxygens (including phenoxy) is 1. The lowest BCUT2D eigenvalue weighted by Crippen LogP contribution is -2.31. The van der Waals surface area contributed by atoms with E-state index in [4.69, 9.17) is 10.5 Å². The number of nitrogens with zero attached hydrogens (tertiary/aromatic N) is 1. The molecule has 114 valence electrons. The van der Waals surface area contributed by atoms with Crippen LogP contribution in [0.5, 0.6) is 5.75 Å². The Morgan fingerprint density at radius 2 is 2.23 bits per heavy atom. The molecule has 6 heteroatoms. The van der Waals surface area contributed by atoms with Gasteiger partial charge < -0.3 is 10.5 Å². The van der Waals surface area contributed by atoms with Crippen LogP contribution >= 0.6 is 11.3 Å². The second-order valence-electron chi connectivity index (χ2n) is 5.80. The normalized spacial score (nSPS) is 22.6. The van der Waals surface area contributed by atoms with Gasteiger partial charge >= 0.3 is 0 Å². The molecule has 0 spiro atoms. The minimum Gasteiger partial charge on any atom is -0.480 e. The van der Waals surface area contributed by atoms with Crippen molar-refractivity contribution in [1.29, 1.82) is 0 Å². The fraction of sp³-hybridized carbons (Fsp3) is 0.375. The first-order valence-electron chi connectivity index (χ1n) is 7.48. The van der Waals surface area contributed by atoms with E-state index in [9.17, 15) is 4.79 Å². The number of thiazole rings is 1. The number of nitrogens with two attached hydrogens (primary N) is 1. The molecule has 0 fully saturated rings. The number of aromatic nitrogens is 1. The smallest absolute Gasteiger partial charge is 0.267 e. The van der Waals surface area contributed by atoms with Crippen LogP contribution in [0.2, 0.25) is 0 Å². The summed E-state index contributed by atoms with van der Waals surface area (Å²) in [5, 5.41) is 3.55. The third-order valence-electron chi connectivity index (χ3n) is 4.15. The first kappa shape index (κ1) is 13.7. The van der Waals surface area contributed by atoms with Crippen LogP contribution in [-0.2, 0) is 24.1 Å². The van der Waals surface area contributed by atoms with Crippen molar-refractivity contribution in [3.05, 3.63) is 40.4 Å². The van der Waals surface area contributed by atoms with Gasteiger partial charge in [-0.3, -0.25) is 10.1 Å². The quantitative estimate of drug-likeness (QED) is 0.887. The van der Waals surface area contributed by atoms with Gasteiger partial charge in [-0.25, -0.2) is 4.98 Å². The second kappa shape index (κ2) is 5.37. The van der Waals surface area contributed by atoms with Crippen LogP contribution in [0.3, 0.4) is 0 Å². The molecule has 22 heavy (non-hydrogen) atoms. The number of anilines is 1. The van der Waals surface area contributed by atoms with Gasteiger partial charge in [-0.05, 0) is 30.9 Å². The molecule has 1 amide bonds. The maximum atomic E-state index is 12.4. The molecule has 1 aliphatic heterocycles. The number of hydrogen-bond acceptors (Lipinski definition) is 5. The van der Waals surface area contributed by atoms with Crippen LogP contribution in [0.15, 0.2) is 24.3 Å². The van der Waals surface area contributed by atoms with Crippen LogP contribution in [-0.4, -0.2) is 23.0 Å². The maximum Gasteiger partial charge on any atom is 0.267 e. The summed E-state index contributed by atoms with van der Waals surface area (Å²) in [5.74, 6) is 0.665. The van der Waals surface area contributed by atoms with Gasteiger partial charge in [0.15, 0.2) is 11.2 Å². The van der Waals surface area contributed by atoms with Crippen LogP contribution in [0.1, 0.15) is 22.6 Å². The van der Waals surface area contributed by atoms with E-state index in [0.29, 0.717) is 11.6 Å². The first-order chi connectivity index (χ1) is 10.7. The van der Waals surface area contributed by atoms with Crippen LogP contribution < -0.4 is 15.8 Å². The molecule has 4 rings (SSSR count). The molecule has 0 saturated carbocycles. The van der Waals surface area contributed by atoms with E-state index in [1.54, 1.807) is 0 Å². The SMILES string of the molecule is N[C@H]1CCc2nc(NC(=O)C3Cc4ccccc4O3)sc2C1. The zero-order chi connectivity index (χ0) is 15.1. The third kappa shape index (κ3) is 2.48. The van der Waals surface area contributed by atoms with E-state index < -0.39 is 6.10 Å². The van der Waals surface area contributed by atoms with E-state index in [-0.39, 0.29) is 11.9 Å².